The van der Waals surface area contributed by atoms with Gasteiger partial charge in [0.2, 0.25) is 0 Å². The van der Waals surface area contributed by atoms with Gasteiger partial charge in [0, 0.05) is 36.2 Å². The van der Waals surface area contributed by atoms with Gasteiger partial charge in [-0.1, -0.05) is 47.5 Å². The minimum Gasteiger partial charge on any atom is -0.378 e. The topological polar surface area (TPSA) is 59.4 Å². The van der Waals surface area contributed by atoms with Crippen LogP contribution < -0.4 is 10.2 Å². The number of nitrogens with one attached hydrogen (secondary N) is 1. The summed E-state index contributed by atoms with van der Waals surface area (Å²) in [5.41, 5.74) is 2.96. The summed E-state index contributed by atoms with van der Waals surface area (Å²) >= 11 is 12.6. The first kappa shape index (κ1) is 26.2. The molecule has 1 aromatic heterocycles. The summed E-state index contributed by atoms with van der Waals surface area (Å²) < 4.78 is 35.2. The van der Waals surface area contributed by atoms with Crippen molar-refractivity contribution in [1.82, 2.24) is 9.78 Å². The second-order valence-electron chi connectivity index (χ2n) is 8.96. The van der Waals surface area contributed by atoms with Gasteiger partial charge in [-0.3, -0.25) is 4.79 Å². The summed E-state index contributed by atoms with van der Waals surface area (Å²) in [6, 6.07) is 20.2. The molecule has 1 amide bonds. The van der Waals surface area contributed by atoms with Gasteiger partial charge in [0.05, 0.1) is 41.0 Å². The number of rotatable bonds is 6. The first-order chi connectivity index (χ1) is 18.2. The van der Waals surface area contributed by atoms with E-state index in [9.17, 15) is 13.6 Å². The molecule has 3 aromatic carbocycles. The lowest BCUT2D eigenvalue weighted by Crippen LogP contribution is -2.36. The van der Waals surface area contributed by atoms with Crippen molar-refractivity contribution in [3.05, 3.63) is 94.1 Å². The monoisotopic (exact) mass is 556 g/mol. The fourth-order valence-electron chi connectivity index (χ4n) is 4.28. The Hall–Kier alpha value is -3.46. The quantitative estimate of drug-likeness (QED) is 0.276. The van der Waals surface area contributed by atoms with Crippen molar-refractivity contribution in [2.45, 2.75) is 12.8 Å². The van der Waals surface area contributed by atoms with E-state index in [2.05, 4.69) is 15.3 Å². The summed E-state index contributed by atoms with van der Waals surface area (Å²) in [5.74, 6) is -3.47. The van der Waals surface area contributed by atoms with E-state index in [1.54, 1.807) is 60.7 Å². The average Bonchev–Trinajstić information content (AvgIpc) is 3.36. The second-order valence-corrected chi connectivity index (χ2v) is 9.80. The lowest BCUT2D eigenvalue weighted by atomic mass is 10.1. The van der Waals surface area contributed by atoms with Crippen molar-refractivity contribution in [2.75, 3.05) is 36.5 Å². The van der Waals surface area contributed by atoms with Gasteiger partial charge in [0.15, 0.2) is 0 Å². The van der Waals surface area contributed by atoms with Gasteiger partial charge in [-0.15, -0.1) is 0 Å². The van der Waals surface area contributed by atoms with Crippen molar-refractivity contribution in [3.8, 4) is 16.9 Å². The number of alkyl halides is 2. The normalized spacial score (nSPS) is 14.0. The van der Waals surface area contributed by atoms with E-state index in [0.29, 0.717) is 64.5 Å². The lowest BCUT2D eigenvalue weighted by molar-refractivity contribution is 0.0124. The molecule has 196 valence electrons. The molecule has 0 bridgehead atoms. The van der Waals surface area contributed by atoms with E-state index in [4.69, 9.17) is 27.9 Å². The van der Waals surface area contributed by atoms with E-state index in [1.165, 1.54) is 10.7 Å². The molecule has 4 aromatic rings. The van der Waals surface area contributed by atoms with Crippen LogP contribution in [0.3, 0.4) is 0 Å². The van der Waals surface area contributed by atoms with Crippen LogP contribution in [-0.2, 0) is 10.7 Å². The zero-order valence-electron chi connectivity index (χ0n) is 20.4. The molecule has 0 saturated carbocycles. The number of nitrogens with zero attached hydrogens (tertiary/aromatic N) is 3. The van der Waals surface area contributed by atoms with Crippen LogP contribution in [0.15, 0.2) is 72.8 Å². The highest BCUT2D eigenvalue weighted by Gasteiger charge is 2.30. The highest BCUT2D eigenvalue weighted by molar-refractivity contribution is 6.32. The van der Waals surface area contributed by atoms with E-state index >= 15 is 0 Å². The van der Waals surface area contributed by atoms with Gasteiger partial charge in [0.1, 0.15) is 5.69 Å². The van der Waals surface area contributed by atoms with Crippen molar-refractivity contribution >= 4 is 40.5 Å². The molecular formula is C28H24Cl2F2N4O2. The molecule has 1 aliphatic rings. The Labute approximate surface area is 228 Å². The zero-order chi connectivity index (χ0) is 26.9. The van der Waals surface area contributed by atoms with Gasteiger partial charge in [-0.25, -0.2) is 4.68 Å². The predicted octanol–water partition coefficient (Wildman–Crippen LogP) is 7.05. The summed E-state index contributed by atoms with van der Waals surface area (Å²) in [6.45, 7) is 3.42. The molecule has 0 radical (unpaired) electrons. The third kappa shape index (κ3) is 5.53. The largest absolute Gasteiger partial charge is 0.378 e. The van der Waals surface area contributed by atoms with Crippen molar-refractivity contribution in [2.24, 2.45) is 0 Å². The molecule has 5 rings (SSSR count). The number of hydrogen-bond acceptors (Lipinski definition) is 4. The van der Waals surface area contributed by atoms with Crippen molar-refractivity contribution < 1.29 is 18.3 Å². The SMILES string of the molecule is CC(F)(F)c1cc(-c2ccc(C(=O)Nc3cc(Cl)ccc3N3CCOCC3)cc2)n(-c2ccccc2Cl)n1. The molecule has 1 fully saturated rings. The molecule has 0 aliphatic carbocycles. The smallest absolute Gasteiger partial charge is 0.288 e. The summed E-state index contributed by atoms with van der Waals surface area (Å²) in [4.78, 5) is 15.3. The molecule has 0 atom stereocenters. The first-order valence-corrected chi connectivity index (χ1v) is 12.7. The second kappa shape index (κ2) is 10.7. The Morgan fingerprint density at radius 3 is 2.37 bits per heavy atom. The van der Waals surface area contributed by atoms with Crippen LogP contribution in [0.4, 0.5) is 20.2 Å². The number of morpholine rings is 1. The number of amides is 1. The van der Waals surface area contributed by atoms with Gasteiger partial charge in [0.25, 0.3) is 11.8 Å². The van der Waals surface area contributed by atoms with Crippen LogP contribution in [0, 0.1) is 0 Å². The van der Waals surface area contributed by atoms with E-state index in [1.807, 2.05) is 6.07 Å². The molecule has 10 heteroatoms. The fourth-order valence-corrected chi connectivity index (χ4v) is 4.67. The predicted molar refractivity (Wildman–Crippen MR) is 146 cm³/mol. The average molecular weight is 557 g/mol. The van der Waals surface area contributed by atoms with Crippen molar-refractivity contribution in [1.29, 1.82) is 0 Å². The van der Waals surface area contributed by atoms with Crippen LogP contribution in [0.2, 0.25) is 10.0 Å². The molecule has 6 nitrogen and oxygen atoms in total. The third-order valence-corrected chi connectivity index (χ3v) is 6.80. The number of carbonyl (C=O) groups is 1. The highest BCUT2D eigenvalue weighted by atomic mass is 35.5. The minimum absolute atomic E-state index is 0.325. The molecular weight excluding hydrogens is 533 g/mol. The van der Waals surface area contributed by atoms with E-state index in [-0.39, 0.29) is 11.6 Å². The van der Waals surface area contributed by atoms with Gasteiger partial charge >= 0.3 is 0 Å². The van der Waals surface area contributed by atoms with Crippen LogP contribution in [0.5, 0.6) is 0 Å². The number of carbonyl (C=O) groups excluding carboxylic acids is 1. The van der Waals surface area contributed by atoms with Gasteiger partial charge in [-0.2, -0.15) is 13.9 Å². The standard InChI is InChI=1S/C28H24Cl2F2N4O2/c1-28(31,32)26-17-25(36(34-26)23-5-3-2-4-21(23)30)18-6-8-19(9-7-18)27(37)33-22-16-20(29)10-11-24(22)35-12-14-38-15-13-35/h2-11,16-17H,12-15H2,1H3,(H,33,37). The summed E-state index contributed by atoms with van der Waals surface area (Å²) in [5, 5.41) is 7.97. The molecule has 38 heavy (non-hydrogen) atoms. The Bertz CT molecular complexity index is 1460. The Kier molecular flexibility index (Phi) is 7.38. The fraction of sp³-hybridized carbons (Fsp3) is 0.214. The number of aromatic nitrogens is 2. The van der Waals surface area contributed by atoms with Crippen LogP contribution in [0.1, 0.15) is 23.0 Å². The summed E-state index contributed by atoms with van der Waals surface area (Å²) in [6.07, 6.45) is 0. The Morgan fingerprint density at radius 2 is 1.68 bits per heavy atom. The van der Waals surface area contributed by atoms with Crippen LogP contribution in [0.25, 0.3) is 16.9 Å². The van der Waals surface area contributed by atoms with E-state index in [0.717, 1.165) is 12.6 Å². The number of benzene rings is 3. The minimum atomic E-state index is -3.14. The number of ether oxygens (including phenoxy) is 1. The molecule has 1 N–H and O–H groups in total. The third-order valence-electron chi connectivity index (χ3n) is 6.24. The van der Waals surface area contributed by atoms with Crippen LogP contribution >= 0.6 is 23.2 Å². The van der Waals surface area contributed by atoms with Gasteiger partial charge < -0.3 is 15.0 Å². The lowest BCUT2D eigenvalue weighted by Gasteiger charge is -2.30. The molecule has 0 spiro atoms. The number of anilines is 2. The first-order valence-electron chi connectivity index (χ1n) is 12.0. The maximum absolute atomic E-state index is 14.2. The maximum Gasteiger partial charge on any atom is 0.288 e. The molecule has 2 heterocycles. The zero-order valence-corrected chi connectivity index (χ0v) is 21.9. The maximum atomic E-state index is 14.2. The number of hydrogen-bond donors (Lipinski definition) is 1. The summed E-state index contributed by atoms with van der Waals surface area (Å²) in [7, 11) is 0. The highest BCUT2D eigenvalue weighted by Crippen LogP contribution is 2.34. The Balaban J connectivity index is 1.44. The van der Waals surface area contributed by atoms with Crippen LogP contribution in [-0.4, -0.2) is 42.0 Å². The van der Waals surface area contributed by atoms with E-state index < -0.39 is 5.92 Å². The molecule has 1 aliphatic heterocycles. The number of para-hydroxylation sites is 1. The van der Waals surface area contributed by atoms with Gasteiger partial charge in [-0.05, 0) is 48.5 Å². The molecule has 1 saturated heterocycles. The van der Waals surface area contributed by atoms with Crippen molar-refractivity contribution in [3.63, 3.8) is 0 Å². The number of halogens is 4. The Morgan fingerprint density at radius 1 is 0.974 bits per heavy atom. The molecule has 0 unspecified atom stereocenters.